The van der Waals surface area contributed by atoms with E-state index < -0.39 is 0 Å². The van der Waals surface area contributed by atoms with Gasteiger partial charge in [-0.1, -0.05) is 48.5 Å². The van der Waals surface area contributed by atoms with Crippen molar-refractivity contribution >= 4 is 22.6 Å². The molecule has 0 saturated heterocycles. The molecule has 0 aliphatic carbocycles. The highest BCUT2D eigenvalue weighted by molar-refractivity contribution is 5.86. The summed E-state index contributed by atoms with van der Waals surface area (Å²) in [5.74, 6) is 0. The van der Waals surface area contributed by atoms with Crippen LogP contribution < -0.4 is 0 Å². The maximum Gasteiger partial charge on any atom is 0.0459 e. The summed E-state index contributed by atoms with van der Waals surface area (Å²) < 4.78 is 0. The Balaban J connectivity index is 2.00. The fourth-order valence-corrected chi connectivity index (χ4v) is 2.19. The van der Waals surface area contributed by atoms with Crippen molar-refractivity contribution in [2.75, 3.05) is 0 Å². The van der Waals surface area contributed by atoms with E-state index in [9.17, 15) is 0 Å². The summed E-state index contributed by atoms with van der Waals surface area (Å²) >= 11 is 0. The van der Waals surface area contributed by atoms with Gasteiger partial charge in [-0.05, 0) is 41.1 Å². The molecule has 0 aliphatic heterocycles. The highest BCUT2D eigenvalue weighted by atomic mass is 14.7. The summed E-state index contributed by atoms with van der Waals surface area (Å²) in [6, 6.07) is 19.0. The topological polar surface area (TPSA) is 15.8 Å². The predicted molar refractivity (Wildman–Crippen MR) is 78.3 cm³/mol. The molecule has 0 aliphatic rings. The van der Waals surface area contributed by atoms with Crippen LogP contribution >= 0.6 is 0 Å². The van der Waals surface area contributed by atoms with E-state index in [0.29, 0.717) is 0 Å². The van der Waals surface area contributed by atoms with Gasteiger partial charge < -0.3 is 4.98 Å². The number of aromatic amines is 1. The third-order valence-corrected chi connectivity index (χ3v) is 3.19. The molecule has 3 rings (SSSR count). The van der Waals surface area contributed by atoms with Crippen molar-refractivity contribution in [2.24, 2.45) is 0 Å². The van der Waals surface area contributed by atoms with Crippen molar-refractivity contribution in [1.82, 2.24) is 4.98 Å². The molecule has 0 fully saturated rings. The van der Waals surface area contributed by atoms with Gasteiger partial charge in [0, 0.05) is 11.7 Å². The van der Waals surface area contributed by atoms with Crippen molar-refractivity contribution < 1.29 is 0 Å². The summed E-state index contributed by atoms with van der Waals surface area (Å²) in [6.45, 7) is 2.15. The summed E-state index contributed by atoms with van der Waals surface area (Å²) in [5.41, 5.74) is 4.96. The highest BCUT2D eigenvalue weighted by Gasteiger charge is 1.97. The van der Waals surface area contributed by atoms with Crippen LogP contribution in [0.15, 0.2) is 60.8 Å². The third kappa shape index (κ3) is 2.07. The Morgan fingerprint density at radius 1 is 1.00 bits per heavy atom. The van der Waals surface area contributed by atoms with Gasteiger partial charge in [-0.15, -0.1) is 0 Å². The molecule has 0 amide bonds. The molecule has 88 valence electrons. The molecular weight excluding hydrogens is 218 g/mol. The Morgan fingerprint density at radius 2 is 1.83 bits per heavy atom. The molecular formula is C17H15N. The second-order valence-corrected chi connectivity index (χ2v) is 4.52. The fourth-order valence-electron chi connectivity index (χ4n) is 2.19. The van der Waals surface area contributed by atoms with Gasteiger partial charge in [0.2, 0.25) is 0 Å². The molecule has 1 aromatic heterocycles. The molecule has 0 spiro atoms. The zero-order chi connectivity index (χ0) is 12.4. The average molecular weight is 233 g/mol. The van der Waals surface area contributed by atoms with Crippen LogP contribution in [0.5, 0.6) is 0 Å². The first-order chi connectivity index (χ1) is 8.83. The molecule has 1 N–H and O–H groups in total. The molecule has 0 radical (unpaired) electrons. The Morgan fingerprint density at radius 3 is 2.67 bits per heavy atom. The van der Waals surface area contributed by atoms with Crippen LogP contribution in [0.1, 0.15) is 18.1 Å². The Kier molecular flexibility index (Phi) is 2.73. The second-order valence-electron chi connectivity index (χ2n) is 4.52. The first-order valence-electron chi connectivity index (χ1n) is 6.14. The Hall–Kier alpha value is -2.28. The van der Waals surface area contributed by atoms with Gasteiger partial charge in [0.05, 0.1) is 0 Å². The zero-order valence-electron chi connectivity index (χ0n) is 10.4. The first kappa shape index (κ1) is 10.8. The smallest absolute Gasteiger partial charge is 0.0459 e. The number of allylic oxidation sites excluding steroid dienone is 1. The van der Waals surface area contributed by atoms with Crippen molar-refractivity contribution in [1.29, 1.82) is 0 Å². The van der Waals surface area contributed by atoms with Gasteiger partial charge >= 0.3 is 0 Å². The minimum atomic E-state index is 1.18. The minimum Gasteiger partial charge on any atom is -0.361 e. The third-order valence-electron chi connectivity index (χ3n) is 3.19. The quantitative estimate of drug-likeness (QED) is 0.616. The predicted octanol–water partition coefficient (Wildman–Crippen LogP) is 4.73. The highest BCUT2D eigenvalue weighted by Crippen LogP contribution is 2.20. The van der Waals surface area contributed by atoms with Crippen molar-refractivity contribution in [3.05, 3.63) is 71.9 Å². The molecule has 1 heteroatoms. The lowest BCUT2D eigenvalue weighted by Gasteiger charge is -2.02. The standard InChI is InChI=1S/C17H15N/c1-13(15-5-3-2-4-6-15)11-14-7-8-16-9-10-18-17(16)12-14/h2-12,18H,1H3/b13-11+. The summed E-state index contributed by atoms with van der Waals surface area (Å²) in [7, 11) is 0. The van der Waals surface area contributed by atoms with Gasteiger partial charge in [-0.3, -0.25) is 0 Å². The van der Waals surface area contributed by atoms with Gasteiger partial charge in [0.1, 0.15) is 0 Å². The molecule has 1 heterocycles. The molecule has 18 heavy (non-hydrogen) atoms. The van der Waals surface area contributed by atoms with Crippen LogP contribution in [-0.4, -0.2) is 4.98 Å². The lowest BCUT2D eigenvalue weighted by atomic mass is 10.0. The lowest BCUT2D eigenvalue weighted by Crippen LogP contribution is -1.79. The molecule has 0 atom stereocenters. The van der Waals surface area contributed by atoms with Crippen LogP contribution in [0.4, 0.5) is 0 Å². The van der Waals surface area contributed by atoms with Gasteiger partial charge in [-0.2, -0.15) is 0 Å². The second kappa shape index (κ2) is 4.53. The van der Waals surface area contributed by atoms with E-state index in [0.717, 1.165) is 0 Å². The van der Waals surface area contributed by atoms with Crippen molar-refractivity contribution in [2.45, 2.75) is 6.92 Å². The minimum absolute atomic E-state index is 1.18. The Labute approximate surface area is 107 Å². The number of benzene rings is 2. The number of fused-ring (bicyclic) bond motifs is 1. The van der Waals surface area contributed by atoms with Gasteiger partial charge in [0.15, 0.2) is 0 Å². The largest absolute Gasteiger partial charge is 0.361 e. The summed E-state index contributed by atoms with van der Waals surface area (Å²) in [5, 5.41) is 1.25. The van der Waals surface area contributed by atoms with E-state index in [-0.39, 0.29) is 0 Å². The number of rotatable bonds is 2. The molecule has 1 nitrogen and oxygen atoms in total. The number of aromatic nitrogens is 1. The average Bonchev–Trinajstić information content (AvgIpc) is 2.87. The lowest BCUT2D eigenvalue weighted by molar-refractivity contribution is 1.47. The van der Waals surface area contributed by atoms with E-state index >= 15 is 0 Å². The van der Waals surface area contributed by atoms with Gasteiger partial charge in [-0.25, -0.2) is 0 Å². The van der Waals surface area contributed by atoms with Crippen LogP contribution in [0.25, 0.3) is 22.6 Å². The monoisotopic (exact) mass is 233 g/mol. The van der Waals surface area contributed by atoms with Crippen LogP contribution in [0.3, 0.4) is 0 Å². The molecule has 0 saturated carbocycles. The maximum atomic E-state index is 3.24. The van der Waals surface area contributed by atoms with Crippen molar-refractivity contribution in [3.8, 4) is 0 Å². The van der Waals surface area contributed by atoms with Crippen LogP contribution in [0.2, 0.25) is 0 Å². The Bertz CT molecular complexity index is 690. The molecule has 0 bridgehead atoms. The zero-order valence-corrected chi connectivity index (χ0v) is 10.4. The van der Waals surface area contributed by atoms with E-state index in [1.807, 2.05) is 12.3 Å². The number of H-pyrrole nitrogens is 1. The normalized spacial score (nSPS) is 11.9. The first-order valence-corrected chi connectivity index (χ1v) is 6.14. The number of hydrogen-bond donors (Lipinski definition) is 1. The maximum absolute atomic E-state index is 3.24. The molecule has 0 unspecified atom stereocenters. The van der Waals surface area contributed by atoms with E-state index in [2.05, 4.69) is 66.5 Å². The summed E-state index contributed by atoms with van der Waals surface area (Å²) in [4.78, 5) is 3.24. The van der Waals surface area contributed by atoms with Gasteiger partial charge in [0.25, 0.3) is 0 Å². The number of hydrogen-bond acceptors (Lipinski definition) is 0. The molecule has 3 aromatic rings. The van der Waals surface area contributed by atoms with E-state index in [1.54, 1.807) is 0 Å². The summed E-state index contributed by atoms with van der Waals surface area (Å²) in [6.07, 6.45) is 4.19. The van der Waals surface area contributed by atoms with E-state index in [4.69, 9.17) is 0 Å². The SMILES string of the molecule is C/C(=C\c1ccc2cc[nH]c2c1)c1ccccc1. The van der Waals surface area contributed by atoms with Crippen LogP contribution in [0, 0.1) is 0 Å². The van der Waals surface area contributed by atoms with Crippen molar-refractivity contribution in [3.63, 3.8) is 0 Å². The number of nitrogens with one attached hydrogen (secondary N) is 1. The fraction of sp³-hybridized carbons (Fsp3) is 0.0588. The van der Waals surface area contributed by atoms with E-state index in [1.165, 1.54) is 27.6 Å². The van der Waals surface area contributed by atoms with Crippen LogP contribution in [-0.2, 0) is 0 Å². The molecule has 2 aromatic carbocycles.